The van der Waals surface area contributed by atoms with Crippen LogP contribution in [0.5, 0.6) is 5.88 Å². The molecule has 0 bridgehead atoms. The number of hydrogen-bond donors (Lipinski definition) is 2. The predicted octanol–water partition coefficient (Wildman–Crippen LogP) is 4.72. The van der Waals surface area contributed by atoms with Crippen LogP contribution in [-0.4, -0.2) is 66.7 Å². The van der Waals surface area contributed by atoms with Crippen LogP contribution in [-0.2, 0) is 4.79 Å². The molecule has 11 heteroatoms. The lowest BCUT2D eigenvalue weighted by Gasteiger charge is -2.47. The number of pyridine rings is 1. The molecular formula is C29H34F4N4O3. The molecular weight excluding hydrogens is 528 g/mol. The number of amides is 2. The smallest absolute Gasteiger partial charge is 0.395 e. The second kappa shape index (κ2) is 11.8. The number of halogens is 4. The Kier molecular flexibility index (Phi) is 8.42. The molecule has 0 unspecified atom stereocenters. The van der Waals surface area contributed by atoms with Crippen LogP contribution in [0.4, 0.5) is 17.6 Å². The molecule has 3 fully saturated rings. The maximum absolute atomic E-state index is 14.8. The van der Waals surface area contributed by atoms with E-state index < -0.39 is 35.3 Å². The zero-order chi connectivity index (χ0) is 28.3. The molecule has 3 heterocycles. The average Bonchev–Trinajstić information content (AvgIpc) is 3.45. The van der Waals surface area contributed by atoms with E-state index >= 15 is 0 Å². The Labute approximate surface area is 230 Å². The van der Waals surface area contributed by atoms with E-state index in [0.717, 1.165) is 31.9 Å². The maximum atomic E-state index is 14.8. The van der Waals surface area contributed by atoms with E-state index in [-0.39, 0.29) is 36.4 Å². The van der Waals surface area contributed by atoms with Crippen molar-refractivity contribution in [3.63, 3.8) is 0 Å². The molecule has 40 heavy (non-hydrogen) atoms. The number of nitrogens with zero attached hydrogens (tertiary/aromatic N) is 2. The first-order valence-electron chi connectivity index (χ1n) is 13.9. The summed E-state index contributed by atoms with van der Waals surface area (Å²) in [6.45, 7) is 2.47. The Bertz CT molecular complexity index is 1200. The second-order valence-electron chi connectivity index (χ2n) is 11.2. The number of carbonyl (C=O) groups excluding carboxylic acids is 2. The molecule has 5 rings (SSSR count). The van der Waals surface area contributed by atoms with Crippen molar-refractivity contribution in [2.75, 3.05) is 32.8 Å². The van der Waals surface area contributed by atoms with E-state index in [9.17, 15) is 27.2 Å². The minimum absolute atomic E-state index is 0.0489. The van der Waals surface area contributed by atoms with Gasteiger partial charge in [0.15, 0.2) is 0 Å². The number of alkyl halides is 3. The summed E-state index contributed by atoms with van der Waals surface area (Å²) in [6.07, 6.45) is 1.49. The third-order valence-electron chi connectivity index (χ3n) is 8.50. The van der Waals surface area contributed by atoms with Crippen LogP contribution in [0.15, 0.2) is 36.5 Å². The number of piperidine rings is 1. The number of aromatic nitrogens is 1. The van der Waals surface area contributed by atoms with Crippen LogP contribution in [0.2, 0.25) is 0 Å². The van der Waals surface area contributed by atoms with Crippen molar-refractivity contribution in [2.24, 2.45) is 11.3 Å². The first kappa shape index (κ1) is 28.5. The number of hydrogen-bond acceptors (Lipinski definition) is 6. The third-order valence-corrected chi connectivity index (χ3v) is 8.50. The molecule has 0 radical (unpaired) electrons. The Balaban J connectivity index is 1.09. The summed E-state index contributed by atoms with van der Waals surface area (Å²) >= 11 is 0. The van der Waals surface area contributed by atoms with Crippen molar-refractivity contribution in [3.8, 4) is 17.0 Å². The number of rotatable bonds is 8. The molecule has 3 aliphatic rings. The minimum atomic E-state index is -4.14. The van der Waals surface area contributed by atoms with Crippen molar-refractivity contribution >= 4 is 11.8 Å². The number of nitrogens with one attached hydrogen (secondary N) is 2. The van der Waals surface area contributed by atoms with E-state index in [1.54, 1.807) is 12.1 Å². The third kappa shape index (κ3) is 6.30. The van der Waals surface area contributed by atoms with Gasteiger partial charge in [0.25, 0.3) is 5.91 Å². The normalized spacial score (nSPS) is 21.6. The molecule has 2 amide bonds. The zero-order valence-electron chi connectivity index (χ0n) is 22.2. The van der Waals surface area contributed by atoms with E-state index in [4.69, 9.17) is 4.74 Å². The predicted molar refractivity (Wildman–Crippen MR) is 140 cm³/mol. The number of carbonyl (C=O) groups is 2. The van der Waals surface area contributed by atoms with Crippen LogP contribution >= 0.6 is 0 Å². The summed E-state index contributed by atoms with van der Waals surface area (Å²) in [5.74, 6) is -1.07. The van der Waals surface area contributed by atoms with Crippen molar-refractivity contribution in [2.45, 2.75) is 57.2 Å². The van der Waals surface area contributed by atoms with Crippen molar-refractivity contribution < 1.29 is 31.9 Å². The molecule has 7 nitrogen and oxygen atoms in total. The Morgan fingerprint density at radius 2 is 1.88 bits per heavy atom. The average molecular weight is 563 g/mol. The van der Waals surface area contributed by atoms with Gasteiger partial charge >= 0.3 is 6.18 Å². The van der Waals surface area contributed by atoms with E-state index in [2.05, 4.69) is 15.6 Å². The van der Waals surface area contributed by atoms with Gasteiger partial charge in [-0.2, -0.15) is 13.2 Å². The SMILES string of the molecule is O=C(NC(=O)[C@@H]1CCCN1)c1ccc(-c2ccc(OCC3CCN(CC4(C(F)(F)F)CCC4)CC3)nc2)c(F)c1. The summed E-state index contributed by atoms with van der Waals surface area (Å²) in [7, 11) is 0. The summed E-state index contributed by atoms with van der Waals surface area (Å²) in [6, 6.07) is 6.94. The summed E-state index contributed by atoms with van der Waals surface area (Å²) in [5.41, 5.74) is -0.714. The van der Waals surface area contributed by atoms with Crippen LogP contribution < -0.4 is 15.4 Å². The number of likely N-dealkylation sites (tertiary alicyclic amines) is 1. The van der Waals surface area contributed by atoms with Gasteiger partial charge in [0.05, 0.1) is 18.1 Å². The lowest BCUT2D eigenvalue weighted by molar-refractivity contribution is -0.256. The lowest BCUT2D eigenvalue weighted by atomic mass is 9.67. The van der Waals surface area contributed by atoms with Gasteiger partial charge in [0, 0.05) is 35.5 Å². The van der Waals surface area contributed by atoms with E-state index in [0.29, 0.717) is 44.0 Å². The van der Waals surface area contributed by atoms with E-state index in [1.165, 1.54) is 18.3 Å². The second-order valence-corrected chi connectivity index (χ2v) is 11.2. The van der Waals surface area contributed by atoms with Crippen molar-refractivity contribution in [1.29, 1.82) is 0 Å². The molecule has 2 aliphatic heterocycles. The minimum Gasteiger partial charge on any atom is -0.477 e. The fourth-order valence-corrected chi connectivity index (χ4v) is 5.77. The largest absolute Gasteiger partial charge is 0.477 e. The quantitative estimate of drug-likeness (QED) is 0.358. The fourth-order valence-electron chi connectivity index (χ4n) is 5.77. The van der Waals surface area contributed by atoms with Gasteiger partial charge in [0.2, 0.25) is 11.8 Å². The van der Waals surface area contributed by atoms with Crippen LogP contribution in [0.25, 0.3) is 11.1 Å². The molecule has 1 aliphatic carbocycles. The Hall–Kier alpha value is -3.05. The molecule has 0 spiro atoms. The van der Waals surface area contributed by atoms with Crippen LogP contribution in [0, 0.1) is 17.2 Å². The van der Waals surface area contributed by atoms with Gasteiger partial charge in [-0.3, -0.25) is 14.9 Å². The number of imide groups is 1. The highest BCUT2D eigenvalue weighted by Gasteiger charge is 2.58. The molecule has 1 atom stereocenters. The number of benzene rings is 1. The van der Waals surface area contributed by atoms with Crippen molar-refractivity contribution in [3.05, 3.63) is 47.9 Å². The standard InChI is InChI=1S/C29H34F4N4O3/c30-23-15-20(26(38)36-27(39)24-3-1-12-34-24)4-6-22(23)21-5-7-25(35-16-21)40-17-19-8-13-37(14-9-19)18-28(10-2-11-28)29(31,32)33/h4-7,15-16,19,24,34H,1-3,8-14,17-18H2,(H,36,38,39)/t24-/m0/s1. The highest BCUT2D eigenvalue weighted by Crippen LogP contribution is 2.53. The first-order chi connectivity index (χ1) is 19.1. The van der Waals surface area contributed by atoms with Gasteiger partial charge in [-0.1, -0.05) is 12.5 Å². The van der Waals surface area contributed by atoms with Gasteiger partial charge < -0.3 is 15.0 Å². The van der Waals surface area contributed by atoms with Gasteiger partial charge in [-0.05, 0) is 82.3 Å². The van der Waals surface area contributed by atoms with E-state index in [1.807, 2.05) is 4.90 Å². The summed E-state index contributed by atoms with van der Waals surface area (Å²) in [4.78, 5) is 30.8. The topological polar surface area (TPSA) is 83.6 Å². The number of ether oxygens (including phenoxy) is 1. The van der Waals surface area contributed by atoms with Crippen LogP contribution in [0.3, 0.4) is 0 Å². The van der Waals surface area contributed by atoms with Gasteiger partial charge in [-0.15, -0.1) is 0 Å². The lowest BCUT2D eigenvalue weighted by Crippen LogP contribution is -2.53. The fraction of sp³-hybridized carbons (Fsp3) is 0.552. The highest BCUT2D eigenvalue weighted by molar-refractivity contribution is 6.06. The van der Waals surface area contributed by atoms with Gasteiger partial charge in [0.1, 0.15) is 5.82 Å². The highest BCUT2D eigenvalue weighted by atomic mass is 19.4. The molecule has 1 aromatic heterocycles. The first-order valence-corrected chi connectivity index (χ1v) is 13.9. The monoisotopic (exact) mass is 562 g/mol. The molecule has 1 aromatic carbocycles. The molecule has 1 saturated carbocycles. The molecule has 2 aromatic rings. The Morgan fingerprint density at radius 1 is 1.10 bits per heavy atom. The summed E-state index contributed by atoms with van der Waals surface area (Å²) < 4.78 is 61.1. The molecule has 216 valence electrons. The summed E-state index contributed by atoms with van der Waals surface area (Å²) in [5, 5.41) is 5.33. The zero-order valence-corrected chi connectivity index (χ0v) is 22.2. The van der Waals surface area contributed by atoms with Crippen molar-refractivity contribution in [1.82, 2.24) is 20.5 Å². The maximum Gasteiger partial charge on any atom is 0.395 e. The van der Waals surface area contributed by atoms with Crippen LogP contribution in [0.1, 0.15) is 55.3 Å². The molecule has 2 N–H and O–H groups in total. The Morgan fingerprint density at radius 3 is 2.45 bits per heavy atom. The van der Waals surface area contributed by atoms with Gasteiger partial charge in [-0.25, -0.2) is 9.37 Å². The molecule has 2 saturated heterocycles.